The first-order valence-corrected chi connectivity index (χ1v) is 12.6. The first-order chi connectivity index (χ1) is 13.8. The number of hydrogen-bond donors (Lipinski definition) is 1. The Morgan fingerprint density at radius 1 is 1.17 bits per heavy atom. The minimum absolute atomic E-state index is 0.0155. The maximum atomic E-state index is 12.4. The van der Waals surface area contributed by atoms with E-state index in [9.17, 15) is 13.2 Å². The molecule has 160 valence electrons. The molecule has 1 aromatic carbocycles. The first kappa shape index (κ1) is 20.8. The highest BCUT2D eigenvalue weighted by atomic mass is 32.2. The summed E-state index contributed by atoms with van der Waals surface area (Å²) in [4.78, 5) is 14.3. The number of amides is 1. The van der Waals surface area contributed by atoms with E-state index in [0.717, 1.165) is 38.5 Å². The lowest BCUT2D eigenvalue weighted by atomic mass is 9.83. The summed E-state index contributed by atoms with van der Waals surface area (Å²) in [5, 5.41) is 0. The van der Waals surface area contributed by atoms with Gasteiger partial charge in [0.1, 0.15) is 0 Å². The van der Waals surface area contributed by atoms with Gasteiger partial charge in [0.2, 0.25) is 15.9 Å². The van der Waals surface area contributed by atoms with Crippen molar-refractivity contribution in [1.29, 1.82) is 0 Å². The molecule has 1 N–H and O–H groups in total. The Bertz CT molecular complexity index is 830. The third-order valence-electron chi connectivity index (χ3n) is 6.89. The molecule has 0 aromatic heterocycles. The van der Waals surface area contributed by atoms with Gasteiger partial charge < -0.3 is 9.64 Å². The fraction of sp³-hybridized carbons (Fsp3) is 0.682. The molecule has 0 radical (unpaired) electrons. The van der Waals surface area contributed by atoms with Crippen LogP contribution in [0.2, 0.25) is 0 Å². The smallest absolute Gasteiger partial charge is 0.220 e. The van der Waals surface area contributed by atoms with E-state index in [-0.39, 0.29) is 29.6 Å². The van der Waals surface area contributed by atoms with Gasteiger partial charge in [0.15, 0.2) is 0 Å². The van der Waals surface area contributed by atoms with Crippen LogP contribution in [0.4, 0.5) is 0 Å². The molecule has 0 bridgehead atoms. The number of carbonyl (C=O) groups is 1. The highest BCUT2D eigenvalue weighted by molar-refractivity contribution is 7.88. The summed E-state index contributed by atoms with van der Waals surface area (Å²) in [6.45, 7) is 1.98. The van der Waals surface area contributed by atoms with Crippen LogP contribution < -0.4 is 4.72 Å². The SMILES string of the molecule is CC(=O)N1[C@@H](COC2CCC(c3ccccc3)CC2)[C@@H](NS(C)(=O)=O)CC12CC2. The molecule has 1 aliphatic heterocycles. The molecule has 3 fully saturated rings. The quantitative estimate of drug-likeness (QED) is 0.768. The van der Waals surface area contributed by atoms with E-state index in [1.165, 1.54) is 11.8 Å². The summed E-state index contributed by atoms with van der Waals surface area (Å²) >= 11 is 0. The van der Waals surface area contributed by atoms with E-state index in [4.69, 9.17) is 4.74 Å². The van der Waals surface area contributed by atoms with Crippen LogP contribution in [0.1, 0.15) is 63.4 Å². The second-order valence-electron chi connectivity index (χ2n) is 9.10. The average Bonchev–Trinajstić information content (AvgIpc) is 3.36. The molecule has 0 unspecified atom stereocenters. The number of rotatable bonds is 6. The topological polar surface area (TPSA) is 75.7 Å². The Labute approximate surface area is 174 Å². The number of hydrogen-bond acceptors (Lipinski definition) is 4. The zero-order chi connectivity index (χ0) is 20.6. The Morgan fingerprint density at radius 2 is 1.83 bits per heavy atom. The maximum absolute atomic E-state index is 12.4. The number of sulfonamides is 1. The van der Waals surface area contributed by atoms with Gasteiger partial charge >= 0.3 is 0 Å². The van der Waals surface area contributed by atoms with Gasteiger partial charge in [0.05, 0.1) is 25.0 Å². The lowest BCUT2D eigenvalue weighted by molar-refractivity contribution is -0.134. The van der Waals surface area contributed by atoms with Crippen LogP contribution in [-0.4, -0.2) is 55.8 Å². The van der Waals surface area contributed by atoms with Crippen molar-refractivity contribution in [3.05, 3.63) is 35.9 Å². The number of nitrogens with one attached hydrogen (secondary N) is 1. The van der Waals surface area contributed by atoms with Crippen LogP contribution in [0.3, 0.4) is 0 Å². The van der Waals surface area contributed by atoms with Crippen molar-refractivity contribution in [2.24, 2.45) is 0 Å². The Kier molecular flexibility index (Phi) is 5.75. The zero-order valence-electron chi connectivity index (χ0n) is 17.3. The van der Waals surface area contributed by atoms with Crippen LogP contribution in [0.5, 0.6) is 0 Å². The van der Waals surface area contributed by atoms with Crippen molar-refractivity contribution in [2.45, 2.75) is 81.5 Å². The van der Waals surface area contributed by atoms with Crippen LogP contribution in [-0.2, 0) is 19.6 Å². The summed E-state index contributed by atoms with van der Waals surface area (Å²) < 4.78 is 32.8. The number of ether oxygens (including phenoxy) is 1. The lowest BCUT2D eigenvalue weighted by Crippen LogP contribution is -2.50. The summed E-state index contributed by atoms with van der Waals surface area (Å²) in [5.74, 6) is 0.604. The van der Waals surface area contributed by atoms with Crippen molar-refractivity contribution < 1.29 is 17.9 Å². The van der Waals surface area contributed by atoms with E-state index in [1.54, 1.807) is 6.92 Å². The second kappa shape index (κ2) is 8.00. The largest absolute Gasteiger partial charge is 0.376 e. The fourth-order valence-electron chi connectivity index (χ4n) is 5.44. The number of carbonyl (C=O) groups excluding carboxylic acids is 1. The highest BCUT2D eigenvalue weighted by Gasteiger charge is 2.60. The molecule has 2 aliphatic carbocycles. The van der Waals surface area contributed by atoms with Gasteiger partial charge in [-0.05, 0) is 56.4 Å². The Balaban J connectivity index is 1.37. The first-order valence-electron chi connectivity index (χ1n) is 10.7. The summed E-state index contributed by atoms with van der Waals surface area (Å²) in [6.07, 6.45) is 8.16. The molecule has 1 aromatic rings. The van der Waals surface area contributed by atoms with E-state index in [1.807, 2.05) is 11.0 Å². The third-order valence-corrected chi connectivity index (χ3v) is 7.62. The zero-order valence-corrected chi connectivity index (χ0v) is 18.2. The molecule has 1 heterocycles. The number of likely N-dealkylation sites (tertiary alicyclic amines) is 1. The standard InChI is InChI=1S/C22H32N2O4S/c1-16(25)24-21(20(23-29(2,26)27)14-22(24)12-13-22)15-28-19-10-8-18(9-11-19)17-6-4-3-5-7-17/h3-7,18-21,23H,8-15H2,1-2H3/t18?,19?,20-,21-/m0/s1. The molecule has 29 heavy (non-hydrogen) atoms. The maximum Gasteiger partial charge on any atom is 0.220 e. The molecular weight excluding hydrogens is 388 g/mol. The van der Waals surface area contributed by atoms with Crippen LogP contribution in [0.25, 0.3) is 0 Å². The molecule has 3 aliphatic rings. The fourth-order valence-corrected chi connectivity index (χ4v) is 6.23. The van der Waals surface area contributed by atoms with Crippen molar-refractivity contribution in [3.63, 3.8) is 0 Å². The van der Waals surface area contributed by atoms with Crippen LogP contribution in [0, 0.1) is 0 Å². The number of nitrogens with zero attached hydrogens (tertiary/aromatic N) is 1. The van der Waals surface area contributed by atoms with Crippen molar-refractivity contribution in [1.82, 2.24) is 9.62 Å². The van der Waals surface area contributed by atoms with Crippen LogP contribution >= 0.6 is 0 Å². The van der Waals surface area contributed by atoms with Gasteiger partial charge in [0, 0.05) is 18.5 Å². The monoisotopic (exact) mass is 420 g/mol. The lowest BCUT2D eigenvalue weighted by Gasteiger charge is -2.34. The molecule has 6 nitrogen and oxygen atoms in total. The van der Waals surface area contributed by atoms with Gasteiger partial charge in [-0.15, -0.1) is 0 Å². The van der Waals surface area contributed by atoms with E-state index >= 15 is 0 Å². The van der Waals surface area contributed by atoms with Crippen molar-refractivity contribution in [2.75, 3.05) is 12.9 Å². The molecule has 1 amide bonds. The predicted molar refractivity (Wildman–Crippen MR) is 112 cm³/mol. The van der Waals surface area contributed by atoms with Gasteiger partial charge in [-0.1, -0.05) is 30.3 Å². The third kappa shape index (κ3) is 4.67. The predicted octanol–water partition coefficient (Wildman–Crippen LogP) is 2.80. The van der Waals surface area contributed by atoms with Crippen molar-refractivity contribution >= 4 is 15.9 Å². The Hall–Kier alpha value is -1.44. The minimum Gasteiger partial charge on any atom is -0.376 e. The minimum atomic E-state index is -3.34. The number of benzene rings is 1. The second-order valence-corrected chi connectivity index (χ2v) is 10.9. The van der Waals surface area contributed by atoms with Gasteiger partial charge in [-0.2, -0.15) is 0 Å². The van der Waals surface area contributed by atoms with E-state index in [0.29, 0.717) is 18.9 Å². The van der Waals surface area contributed by atoms with Gasteiger partial charge in [-0.3, -0.25) is 4.79 Å². The summed E-state index contributed by atoms with van der Waals surface area (Å²) in [6, 6.07) is 10.1. The molecular formula is C22H32N2O4S. The Morgan fingerprint density at radius 3 is 2.38 bits per heavy atom. The van der Waals surface area contributed by atoms with Gasteiger partial charge in [-0.25, -0.2) is 13.1 Å². The van der Waals surface area contributed by atoms with E-state index in [2.05, 4.69) is 29.0 Å². The van der Waals surface area contributed by atoms with Crippen molar-refractivity contribution in [3.8, 4) is 0 Å². The molecule has 2 saturated carbocycles. The normalized spacial score (nSPS) is 31.2. The van der Waals surface area contributed by atoms with E-state index < -0.39 is 10.0 Å². The molecule has 2 atom stereocenters. The molecule has 1 saturated heterocycles. The average molecular weight is 421 g/mol. The van der Waals surface area contributed by atoms with Gasteiger partial charge in [0.25, 0.3) is 0 Å². The molecule has 4 rings (SSSR count). The molecule has 7 heteroatoms. The summed E-state index contributed by atoms with van der Waals surface area (Å²) in [5.41, 5.74) is 1.24. The molecule has 1 spiro atoms. The van der Waals surface area contributed by atoms with Crippen LogP contribution in [0.15, 0.2) is 30.3 Å². The highest BCUT2D eigenvalue weighted by Crippen LogP contribution is 2.52. The summed E-state index contributed by atoms with van der Waals surface area (Å²) in [7, 11) is -3.34.